The summed E-state index contributed by atoms with van der Waals surface area (Å²) in [6.45, 7) is 0.396. The molecule has 0 atom stereocenters. The number of aromatic hydroxyl groups is 1. The topological polar surface area (TPSA) is 72.0 Å². The highest BCUT2D eigenvalue weighted by atomic mass is 16.3. The van der Waals surface area contributed by atoms with Crippen molar-refractivity contribution in [1.82, 2.24) is 9.97 Å². The Kier molecular flexibility index (Phi) is 4.83. The van der Waals surface area contributed by atoms with E-state index in [0.29, 0.717) is 6.54 Å². The first-order chi connectivity index (χ1) is 7.34. The van der Waals surface area contributed by atoms with Crippen molar-refractivity contribution in [2.24, 2.45) is 5.73 Å². The van der Waals surface area contributed by atoms with E-state index in [4.69, 9.17) is 10.8 Å². The molecule has 0 amide bonds. The summed E-state index contributed by atoms with van der Waals surface area (Å²) >= 11 is 0. The van der Waals surface area contributed by atoms with Crippen molar-refractivity contribution in [3.8, 4) is 5.75 Å². The number of para-hydroxylation sites is 1. The molecule has 0 saturated carbocycles. The van der Waals surface area contributed by atoms with Crippen LogP contribution in [-0.2, 0) is 6.54 Å². The third-order valence-corrected chi connectivity index (χ3v) is 1.69. The first-order valence-corrected chi connectivity index (χ1v) is 4.51. The highest BCUT2D eigenvalue weighted by Gasteiger charge is 1.92. The highest BCUT2D eigenvalue weighted by molar-refractivity contribution is 5.31. The van der Waals surface area contributed by atoms with Crippen LogP contribution in [0.3, 0.4) is 0 Å². The third-order valence-electron chi connectivity index (χ3n) is 1.69. The number of nitrogens with zero attached hydrogens (tertiary/aromatic N) is 2. The lowest BCUT2D eigenvalue weighted by atomic mass is 10.2. The number of phenolic OH excluding ortho intramolecular Hbond substituents is 1. The molecule has 0 unspecified atom stereocenters. The van der Waals surface area contributed by atoms with Gasteiger partial charge >= 0.3 is 0 Å². The average molecular weight is 203 g/mol. The van der Waals surface area contributed by atoms with E-state index in [1.807, 2.05) is 6.07 Å². The predicted molar refractivity (Wildman–Crippen MR) is 58.0 cm³/mol. The van der Waals surface area contributed by atoms with Crippen LogP contribution >= 0.6 is 0 Å². The van der Waals surface area contributed by atoms with E-state index in [1.165, 1.54) is 0 Å². The molecule has 1 aromatic carbocycles. The van der Waals surface area contributed by atoms with Gasteiger partial charge in [-0.15, -0.1) is 0 Å². The molecule has 1 heterocycles. The second-order valence-corrected chi connectivity index (χ2v) is 2.73. The maximum absolute atomic E-state index is 9.03. The van der Waals surface area contributed by atoms with Gasteiger partial charge in [0.05, 0.1) is 0 Å². The van der Waals surface area contributed by atoms with Crippen LogP contribution in [0.4, 0.5) is 0 Å². The molecular formula is C11H13N3O. The molecule has 2 aromatic rings. The van der Waals surface area contributed by atoms with Gasteiger partial charge in [0.2, 0.25) is 0 Å². The Hall–Kier alpha value is -1.94. The Morgan fingerprint density at radius 1 is 1.00 bits per heavy atom. The molecule has 0 fully saturated rings. The smallest absolute Gasteiger partial charge is 0.120 e. The molecule has 0 aliphatic rings. The van der Waals surface area contributed by atoms with E-state index in [0.717, 1.165) is 5.56 Å². The molecular weight excluding hydrogens is 190 g/mol. The molecule has 2 rings (SSSR count). The van der Waals surface area contributed by atoms with Gasteiger partial charge in [0.15, 0.2) is 0 Å². The fourth-order valence-corrected chi connectivity index (χ4v) is 0.937. The van der Waals surface area contributed by atoms with E-state index < -0.39 is 0 Å². The number of phenols is 1. The second kappa shape index (κ2) is 6.50. The van der Waals surface area contributed by atoms with E-state index in [2.05, 4.69) is 9.97 Å². The van der Waals surface area contributed by atoms with Gasteiger partial charge in [0.1, 0.15) is 5.75 Å². The molecule has 0 spiro atoms. The molecule has 78 valence electrons. The molecule has 0 aliphatic heterocycles. The van der Waals surface area contributed by atoms with Gasteiger partial charge in [0, 0.05) is 36.9 Å². The number of benzene rings is 1. The van der Waals surface area contributed by atoms with Gasteiger partial charge in [-0.2, -0.15) is 0 Å². The molecule has 4 heteroatoms. The summed E-state index contributed by atoms with van der Waals surface area (Å²) in [6.07, 6.45) is 6.56. The SMILES string of the molecule is NCc1ccccc1O.c1cnccn1. The van der Waals surface area contributed by atoms with Crippen molar-refractivity contribution < 1.29 is 5.11 Å². The molecule has 3 N–H and O–H groups in total. The number of hydrogen-bond donors (Lipinski definition) is 2. The minimum Gasteiger partial charge on any atom is -0.508 e. The molecule has 0 aliphatic carbocycles. The summed E-state index contributed by atoms with van der Waals surface area (Å²) in [5.74, 6) is 0.278. The minimum absolute atomic E-state index is 0.278. The maximum atomic E-state index is 9.03. The van der Waals surface area contributed by atoms with Crippen molar-refractivity contribution in [2.75, 3.05) is 0 Å². The minimum atomic E-state index is 0.278. The fourth-order valence-electron chi connectivity index (χ4n) is 0.937. The Bertz CT molecular complexity index is 352. The maximum Gasteiger partial charge on any atom is 0.120 e. The zero-order valence-electron chi connectivity index (χ0n) is 8.24. The average Bonchev–Trinajstić information content (AvgIpc) is 2.33. The second-order valence-electron chi connectivity index (χ2n) is 2.73. The van der Waals surface area contributed by atoms with Crippen molar-refractivity contribution in [2.45, 2.75) is 6.54 Å². The Morgan fingerprint density at radius 2 is 1.53 bits per heavy atom. The van der Waals surface area contributed by atoms with Gasteiger partial charge in [-0.05, 0) is 6.07 Å². The largest absolute Gasteiger partial charge is 0.508 e. The summed E-state index contributed by atoms with van der Waals surface area (Å²) in [6, 6.07) is 7.05. The van der Waals surface area contributed by atoms with E-state index in [-0.39, 0.29) is 5.75 Å². The van der Waals surface area contributed by atoms with E-state index >= 15 is 0 Å². The van der Waals surface area contributed by atoms with Crippen molar-refractivity contribution >= 4 is 0 Å². The predicted octanol–water partition coefficient (Wildman–Crippen LogP) is 1.33. The van der Waals surface area contributed by atoms with Crippen molar-refractivity contribution in [1.29, 1.82) is 0 Å². The van der Waals surface area contributed by atoms with Crippen LogP contribution in [0.5, 0.6) is 5.75 Å². The van der Waals surface area contributed by atoms with Crippen LogP contribution in [0.2, 0.25) is 0 Å². The van der Waals surface area contributed by atoms with Gasteiger partial charge in [-0.25, -0.2) is 0 Å². The van der Waals surface area contributed by atoms with E-state index in [1.54, 1.807) is 43.0 Å². The number of aromatic nitrogens is 2. The Balaban J connectivity index is 0.000000162. The first-order valence-electron chi connectivity index (χ1n) is 4.51. The molecule has 1 aromatic heterocycles. The summed E-state index contributed by atoms with van der Waals surface area (Å²) in [7, 11) is 0. The zero-order chi connectivity index (χ0) is 10.9. The summed E-state index contributed by atoms with van der Waals surface area (Å²) in [4.78, 5) is 7.44. The molecule has 0 saturated heterocycles. The first kappa shape index (κ1) is 11.1. The number of nitrogens with two attached hydrogens (primary N) is 1. The Morgan fingerprint density at radius 3 is 1.87 bits per heavy atom. The summed E-state index contributed by atoms with van der Waals surface area (Å²) < 4.78 is 0. The molecule has 0 bridgehead atoms. The van der Waals surface area contributed by atoms with Crippen LogP contribution in [0.1, 0.15) is 5.56 Å². The fraction of sp³-hybridized carbons (Fsp3) is 0.0909. The lowest BCUT2D eigenvalue weighted by molar-refractivity contribution is 0.468. The quantitative estimate of drug-likeness (QED) is 0.733. The monoisotopic (exact) mass is 203 g/mol. The third kappa shape index (κ3) is 4.19. The van der Waals surface area contributed by atoms with Crippen molar-refractivity contribution in [3.63, 3.8) is 0 Å². The van der Waals surface area contributed by atoms with E-state index in [9.17, 15) is 0 Å². The van der Waals surface area contributed by atoms with Gasteiger partial charge < -0.3 is 10.8 Å². The van der Waals surface area contributed by atoms with Gasteiger partial charge in [-0.1, -0.05) is 18.2 Å². The highest BCUT2D eigenvalue weighted by Crippen LogP contribution is 2.13. The standard InChI is InChI=1S/C7H9NO.C4H4N2/c8-5-6-3-1-2-4-7(6)9;1-2-6-4-3-5-1/h1-4,9H,5,8H2;1-4H. The van der Waals surface area contributed by atoms with Crippen molar-refractivity contribution in [3.05, 3.63) is 54.6 Å². The molecule has 15 heavy (non-hydrogen) atoms. The van der Waals surface area contributed by atoms with Gasteiger partial charge in [-0.3, -0.25) is 9.97 Å². The number of hydrogen-bond acceptors (Lipinski definition) is 4. The van der Waals surface area contributed by atoms with Crippen LogP contribution in [0.25, 0.3) is 0 Å². The number of rotatable bonds is 1. The van der Waals surface area contributed by atoms with Gasteiger partial charge in [0.25, 0.3) is 0 Å². The normalized spacial score (nSPS) is 8.87. The van der Waals surface area contributed by atoms with Crippen LogP contribution in [0, 0.1) is 0 Å². The van der Waals surface area contributed by atoms with Crippen LogP contribution < -0.4 is 5.73 Å². The Labute approximate surface area is 88.4 Å². The lowest BCUT2D eigenvalue weighted by Gasteiger charge is -1.97. The lowest BCUT2D eigenvalue weighted by Crippen LogP contribution is -1.95. The van der Waals surface area contributed by atoms with Crippen LogP contribution in [-0.4, -0.2) is 15.1 Å². The molecule has 4 nitrogen and oxygen atoms in total. The van der Waals surface area contributed by atoms with Crippen LogP contribution in [0.15, 0.2) is 49.1 Å². The zero-order valence-corrected chi connectivity index (χ0v) is 8.24. The molecule has 0 radical (unpaired) electrons. The summed E-state index contributed by atoms with van der Waals surface area (Å²) in [5.41, 5.74) is 6.08. The summed E-state index contributed by atoms with van der Waals surface area (Å²) in [5, 5.41) is 9.03.